The van der Waals surface area contributed by atoms with E-state index in [4.69, 9.17) is 14.2 Å². The Morgan fingerprint density at radius 1 is 1.30 bits per heavy atom. The van der Waals surface area contributed by atoms with Crippen LogP contribution in [0.5, 0.6) is 11.5 Å². The van der Waals surface area contributed by atoms with Crippen LogP contribution in [0, 0.1) is 0 Å². The second-order valence-corrected chi connectivity index (χ2v) is 4.47. The molecule has 1 N–H and O–H groups in total. The lowest BCUT2D eigenvalue weighted by atomic mass is 10.0. The molecule has 1 saturated heterocycles. The Kier molecular flexibility index (Phi) is 4.81. The molecule has 1 aromatic carbocycles. The largest absolute Gasteiger partial charge is 0.493 e. The zero-order valence-corrected chi connectivity index (χ0v) is 11.7. The maximum absolute atomic E-state index is 11.7. The van der Waals surface area contributed by atoms with E-state index in [-0.39, 0.29) is 0 Å². The molecule has 1 heterocycles. The number of methoxy groups -OCH3 is 2. The van der Waals surface area contributed by atoms with E-state index in [9.17, 15) is 9.90 Å². The maximum Gasteiger partial charge on any atom is 0.325 e. The van der Waals surface area contributed by atoms with Crippen molar-refractivity contribution in [2.24, 2.45) is 0 Å². The third-order valence-corrected chi connectivity index (χ3v) is 3.37. The number of rotatable bonds is 5. The number of ether oxygens (including phenoxy) is 3. The standard InChI is InChI=1S/C14H19NO5/c1-18-11-5-3-4-10(13(11)19-2)12(14(16)17)15-6-8-20-9-7-15/h3-5,12H,6-9H2,1-2H3,(H,16,17). The van der Waals surface area contributed by atoms with Crippen molar-refractivity contribution in [2.75, 3.05) is 40.5 Å². The number of para-hydroxylation sites is 1. The number of aliphatic carboxylic acids is 1. The first-order chi connectivity index (χ1) is 9.69. The maximum atomic E-state index is 11.7. The van der Waals surface area contributed by atoms with E-state index in [1.54, 1.807) is 18.2 Å². The topological polar surface area (TPSA) is 68.2 Å². The Bertz CT molecular complexity index is 471. The molecule has 6 heteroatoms. The summed E-state index contributed by atoms with van der Waals surface area (Å²) >= 11 is 0. The fraction of sp³-hybridized carbons (Fsp3) is 0.500. The van der Waals surface area contributed by atoms with Gasteiger partial charge < -0.3 is 19.3 Å². The molecule has 6 nitrogen and oxygen atoms in total. The number of carboxylic acids is 1. The fourth-order valence-electron chi connectivity index (χ4n) is 2.45. The Morgan fingerprint density at radius 3 is 2.55 bits per heavy atom. The van der Waals surface area contributed by atoms with Crippen LogP contribution in [0.3, 0.4) is 0 Å². The van der Waals surface area contributed by atoms with Crippen molar-refractivity contribution in [3.05, 3.63) is 23.8 Å². The molecule has 110 valence electrons. The van der Waals surface area contributed by atoms with E-state index in [0.29, 0.717) is 43.4 Å². The van der Waals surface area contributed by atoms with Gasteiger partial charge in [-0.3, -0.25) is 9.69 Å². The van der Waals surface area contributed by atoms with Gasteiger partial charge in [-0.1, -0.05) is 12.1 Å². The van der Waals surface area contributed by atoms with E-state index in [2.05, 4.69) is 0 Å². The molecule has 1 atom stereocenters. The lowest BCUT2D eigenvalue weighted by Crippen LogP contribution is -2.42. The summed E-state index contributed by atoms with van der Waals surface area (Å²) in [5, 5.41) is 9.58. The highest BCUT2D eigenvalue weighted by Crippen LogP contribution is 2.37. The molecule has 0 radical (unpaired) electrons. The minimum atomic E-state index is -0.904. The zero-order valence-electron chi connectivity index (χ0n) is 11.7. The highest BCUT2D eigenvalue weighted by atomic mass is 16.5. The molecule has 1 aliphatic heterocycles. The van der Waals surface area contributed by atoms with E-state index in [0.717, 1.165) is 0 Å². The van der Waals surface area contributed by atoms with Crippen LogP contribution in [-0.4, -0.2) is 56.5 Å². The second kappa shape index (κ2) is 6.58. The quantitative estimate of drug-likeness (QED) is 0.873. The van der Waals surface area contributed by atoms with Gasteiger partial charge in [-0.05, 0) is 6.07 Å². The summed E-state index contributed by atoms with van der Waals surface area (Å²) in [6.45, 7) is 2.24. The Balaban J connectivity index is 2.40. The second-order valence-electron chi connectivity index (χ2n) is 4.47. The van der Waals surface area contributed by atoms with E-state index in [1.165, 1.54) is 14.2 Å². The molecular weight excluding hydrogens is 262 g/mol. The first kappa shape index (κ1) is 14.6. The first-order valence-corrected chi connectivity index (χ1v) is 6.44. The monoisotopic (exact) mass is 281 g/mol. The number of carboxylic acid groups (broad SMARTS) is 1. The molecule has 0 bridgehead atoms. The van der Waals surface area contributed by atoms with Crippen molar-refractivity contribution in [1.82, 2.24) is 4.90 Å². The van der Waals surface area contributed by atoms with Gasteiger partial charge in [-0.25, -0.2) is 0 Å². The number of nitrogens with zero attached hydrogens (tertiary/aromatic N) is 1. The molecule has 1 fully saturated rings. The summed E-state index contributed by atoms with van der Waals surface area (Å²) < 4.78 is 15.9. The van der Waals surface area contributed by atoms with Gasteiger partial charge >= 0.3 is 5.97 Å². The number of hydrogen-bond donors (Lipinski definition) is 1. The van der Waals surface area contributed by atoms with Crippen molar-refractivity contribution in [1.29, 1.82) is 0 Å². The lowest BCUT2D eigenvalue weighted by Gasteiger charge is -2.32. The highest BCUT2D eigenvalue weighted by molar-refractivity contribution is 5.77. The van der Waals surface area contributed by atoms with Crippen LogP contribution in [0.1, 0.15) is 11.6 Å². The Hall–Kier alpha value is -1.79. The molecule has 0 aromatic heterocycles. The summed E-state index contributed by atoms with van der Waals surface area (Å²) in [6, 6.07) is 4.52. The van der Waals surface area contributed by atoms with Crippen LogP contribution in [0.15, 0.2) is 18.2 Å². The van der Waals surface area contributed by atoms with Crippen LogP contribution < -0.4 is 9.47 Å². The molecular formula is C14H19NO5. The number of benzene rings is 1. The third-order valence-electron chi connectivity index (χ3n) is 3.37. The summed E-state index contributed by atoms with van der Waals surface area (Å²) in [4.78, 5) is 13.6. The van der Waals surface area contributed by atoms with Crippen LogP contribution >= 0.6 is 0 Å². The normalized spacial score (nSPS) is 17.5. The molecule has 1 aliphatic rings. The minimum absolute atomic E-state index is 0.467. The zero-order chi connectivity index (χ0) is 14.5. The average Bonchev–Trinajstić information content (AvgIpc) is 2.48. The SMILES string of the molecule is COc1cccc(C(C(=O)O)N2CCOCC2)c1OC. The van der Waals surface area contributed by atoms with E-state index in [1.807, 2.05) is 4.90 Å². The van der Waals surface area contributed by atoms with Gasteiger partial charge in [-0.2, -0.15) is 0 Å². The third kappa shape index (κ3) is 2.86. The number of morpholine rings is 1. The molecule has 1 aromatic rings. The van der Waals surface area contributed by atoms with Gasteiger partial charge in [0, 0.05) is 18.7 Å². The molecule has 0 amide bonds. The van der Waals surface area contributed by atoms with Gasteiger partial charge in [0.25, 0.3) is 0 Å². The summed E-state index contributed by atoms with van der Waals surface area (Å²) in [5.74, 6) is 0.0943. The highest BCUT2D eigenvalue weighted by Gasteiger charge is 2.32. The predicted molar refractivity (Wildman–Crippen MR) is 72.3 cm³/mol. The average molecular weight is 281 g/mol. The number of carbonyl (C=O) groups is 1. The van der Waals surface area contributed by atoms with Crippen molar-refractivity contribution in [3.63, 3.8) is 0 Å². The molecule has 0 saturated carbocycles. The predicted octanol–water partition coefficient (Wildman–Crippen LogP) is 1.16. The van der Waals surface area contributed by atoms with Crippen molar-refractivity contribution < 1.29 is 24.1 Å². The Morgan fingerprint density at radius 2 is 2.00 bits per heavy atom. The van der Waals surface area contributed by atoms with Gasteiger partial charge in [0.2, 0.25) is 0 Å². The summed E-state index contributed by atoms with van der Waals surface area (Å²) in [6.07, 6.45) is 0. The van der Waals surface area contributed by atoms with Crippen LogP contribution in [0.4, 0.5) is 0 Å². The van der Waals surface area contributed by atoms with Crippen molar-refractivity contribution in [2.45, 2.75) is 6.04 Å². The van der Waals surface area contributed by atoms with Gasteiger partial charge in [0.15, 0.2) is 11.5 Å². The van der Waals surface area contributed by atoms with Crippen LogP contribution in [0.2, 0.25) is 0 Å². The molecule has 20 heavy (non-hydrogen) atoms. The molecule has 2 rings (SSSR count). The molecule has 1 unspecified atom stereocenters. The molecule has 0 spiro atoms. The van der Waals surface area contributed by atoms with E-state index >= 15 is 0 Å². The smallest absolute Gasteiger partial charge is 0.325 e. The first-order valence-electron chi connectivity index (χ1n) is 6.44. The number of hydrogen-bond acceptors (Lipinski definition) is 5. The lowest BCUT2D eigenvalue weighted by molar-refractivity contribution is -0.145. The minimum Gasteiger partial charge on any atom is -0.493 e. The van der Waals surface area contributed by atoms with Gasteiger partial charge in [0.1, 0.15) is 6.04 Å². The van der Waals surface area contributed by atoms with Gasteiger partial charge in [0.05, 0.1) is 27.4 Å². The van der Waals surface area contributed by atoms with Crippen molar-refractivity contribution in [3.8, 4) is 11.5 Å². The summed E-state index contributed by atoms with van der Waals surface area (Å²) in [5.41, 5.74) is 0.598. The summed E-state index contributed by atoms with van der Waals surface area (Å²) in [7, 11) is 3.05. The van der Waals surface area contributed by atoms with Gasteiger partial charge in [-0.15, -0.1) is 0 Å². The van der Waals surface area contributed by atoms with Crippen LogP contribution in [0.25, 0.3) is 0 Å². The fourth-order valence-corrected chi connectivity index (χ4v) is 2.45. The molecule has 0 aliphatic carbocycles. The van der Waals surface area contributed by atoms with E-state index < -0.39 is 12.0 Å². The van der Waals surface area contributed by atoms with Crippen LogP contribution in [-0.2, 0) is 9.53 Å². The Labute approximate surface area is 117 Å². The van der Waals surface area contributed by atoms with Crippen molar-refractivity contribution >= 4 is 5.97 Å².